The second-order valence-electron chi connectivity index (χ2n) is 10.9. The van der Waals surface area contributed by atoms with Crippen LogP contribution >= 0.6 is 0 Å². The van der Waals surface area contributed by atoms with Gasteiger partial charge in [0.25, 0.3) is 0 Å². The van der Waals surface area contributed by atoms with Crippen LogP contribution < -0.4 is 17.0 Å². The van der Waals surface area contributed by atoms with Crippen LogP contribution in [0.1, 0.15) is 134 Å². The highest BCUT2D eigenvalue weighted by molar-refractivity contribution is 5.14. The van der Waals surface area contributed by atoms with Crippen molar-refractivity contribution in [1.29, 1.82) is 0 Å². The van der Waals surface area contributed by atoms with Gasteiger partial charge in [-0.3, -0.25) is 0 Å². The summed E-state index contributed by atoms with van der Waals surface area (Å²) < 4.78 is 1.02. The first-order valence-corrected chi connectivity index (χ1v) is 14.7. The number of benzene rings is 1. The molecule has 0 radical (unpaired) electrons. The molecule has 0 aromatic heterocycles. The SMILES string of the molecule is CCCCCCCCCCCCCCCCCCC=C[N+](C)(C)CCCCc1ccccc1.[Br-]. The van der Waals surface area contributed by atoms with Gasteiger partial charge in [0.1, 0.15) is 0 Å². The van der Waals surface area contributed by atoms with Crippen LogP contribution in [0.15, 0.2) is 42.6 Å². The third-order valence-electron chi connectivity index (χ3n) is 7.03. The van der Waals surface area contributed by atoms with Gasteiger partial charge in [-0.25, -0.2) is 0 Å². The molecular formula is C32H58BrN. The van der Waals surface area contributed by atoms with Crippen molar-refractivity contribution in [1.82, 2.24) is 0 Å². The summed E-state index contributed by atoms with van der Waals surface area (Å²) in [5.41, 5.74) is 1.47. The van der Waals surface area contributed by atoms with Gasteiger partial charge in [-0.05, 0) is 43.7 Å². The number of hydrogen-bond acceptors (Lipinski definition) is 0. The molecule has 0 bridgehead atoms. The molecule has 0 aliphatic rings. The van der Waals surface area contributed by atoms with E-state index in [-0.39, 0.29) is 17.0 Å². The van der Waals surface area contributed by atoms with Gasteiger partial charge in [-0.2, -0.15) is 0 Å². The number of allylic oxidation sites excluding steroid dienone is 1. The van der Waals surface area contributed by atoms with E-state index in [4.69, 9.17) is 0 Å². The summed E-state index contributed by atoms with van der Waals surface area (Å²) in [5, 5.41) is 0. The van der Waals surface area contributed by atoms with Crippen molar-refractivity contribution < 1.29 is 21.5 Å². The molecule has 0 aliphatic carbocycles. The first-order valence-electron chi connectivity index (χ1n) is 14.7. The van der Waals surface area contributed by atoms with Crippen LogP contribution in [-0.4, -0.2) is 25.1 Å². The van der Waals surface area contributed by atoms with Crippen LogP contribution in [0.4, 0.5) is 0 Å². The first-order chi connectivity index (χ1) is 16.1. The summed E-state index contributed by atoms with van der Waals surface area (Å²) >= 11 is 0. The van der Waals surface area contributed by atoms with Crippen LogP contribution in [-0.2, 0) is 6.42 Å². The number of unbranched alkanes of at least 4 members (excludes halogenated alkanes) is 17. The van der Waals surface area contributed by atoms with E-state index in [1.807, 2.05) is 0 Å². The molecule has 1 rings (SSSR count). The lowest BCUT2D eigenvalue weighted by Crippen LogP contribution is -3.00. The molecule has 0 unspecified atom stereocenters. The minimum atomic E-state index is 0. The molecule has 1 nitrogen and oxygen atoms in total. The molecule has 0 N–H and O–H groups in total. The van der Waals surface area contributed by atoms with Crippen LogP contribution in [0.2, 0.25) is 0 Å². The summed E-state index contributed by atoms with van der Waals surface area (Å²) in [7, 11) is 4.68. The minimum Gasteiger partial charge on any atom is -1.00 e. The highest BCUT2D eigenvalue weighted by Gasteiger charge is 2.10. The van der Waals surface area contributed by atoms with Gasteiger partial charge in [0.2, 0.25) is 0 Å². The Morgan fingerprint density at radius 1 is 0.588 bits per heavy atom. The molecule has 0 saturated carbocycles. The number of rotatable bonds is 23. The van der Waals surface area contributed by atoms with Crippen LogP contribution in [0.5, 0.6) is 0 Å². The number of quaternary nitrogens is 1. The van der Waals surface area contributed by atoms with Crippen molar-refractivity contribution >= 4 is 0 Å². The average molecular weight is 537 g/mol. The number of hydrogen-bond donors (Lipinski definition) is 0. The Hall–Kier alpha value is -0.600. The van der Waals surface area contributed by atoms with Crippen molar-refractivity contribution in [3.8, 4) is 0 Å². The van der Waals surface area contributed by atoms with Crippen LogP contribution in [0.25, 0.3) is 0 Å². The maximum absolute atomic E-state index is 2.43. The standard InChI is InChI=1S/C32H58N.BrH/c1-4-5-6-7-8-9-10-11-12-13-14-15-16-17-18-19-20-25-30-33(2,3)31-26-24-29-32-27-22-21-23-28-32;/h21-23,25,27-28,30H,4-20,24,26,29,31H2,1-3H3;1H/q+1;/p-1. The fourth-order valence-corrected chi connectivity index (χ4v) is 4.74. The maximum Gasteiger partial charge on any atom is 0.0913 e. The Kier molecular flexibility index (Phi) is 23.7. The topological polar surface area (TPSA) is 0 Å². The van der Waals surface area contributed by atoms with E-state index in [1.165, 1.54) is 141 Å². The van der Waals surface area contributed by atoms with Crippen molar-refractivity contribution in [3.63, 3.8) is 0 Å². The van der Waals surface area contributed by atoms with Crippen LogP contribution in [0.3, 0.4) is 0 Å². The van der Waals surface area contributed by atoms with Crippen molar-refractivity contribution in [2.45, 2.75) is 135 Å². The summed E-state index contributed by atoms with van der Waals surface area (Å²) in [6.45, 7) is 3.54. The summed E-state index contributed by atoms with van der Waals surface area (Å²) in [6, 6.07) is 10.9. The summed E-state index contributed by atoms with van der Waals surface area (Å²) in [6.07, 6.45) is 33.1. The van der Waals surface area contributed by atoms with Gasteiger partial charge in [-0.1, -0.05) is 134 Å². The van der Waals surface area contributed by atoms with Gasteiger partial charge in [-0.15, -0.1) is 0 Å². The molecule has 1 aromatic carbocycles. The second-order valence-corrected chi connectivity index (χ2v) is 10.9. The fourth-order valence-electron chi connectivity index (χ4n) is 4.74. The molecule has 2 heteroatoms. The molecule has 0 fully saturated rings. The predicted octanol–water partition coefficient (Wildman–Crippen LogP) is 7.26. The second kappa shape index (κ2) is 24.1. The third-order valence-corrected chi connectivity index (χ3v) is 7.03. The van der Waals surface area contributed by atoms with E-state index < -0.39 is 0 Å². The number of nitrogens with zero attached hydrogens (tertiary/aromatic N) is 1. The molecule has 0 saturated heterocycles. The van der Waals surface area contributed by atoms with Crippen molar-refractivity contribution in [2.75, 3.05) is 20.6 Å². The molecule has 198 valence electrons. The predicted molar refractivity (Wildman–Crippen MR) is 150 cm³/mol. The quantitative estimate of drug-likeness (QED) is 0.102. The Morgan fingerprint density at radius 2 is 1.06 bits per heavy atom. The van der Waals surface area contributed by atoms with E-state index in [2.05, 4.69) is 63.6 Å². The van der Waals surface area contributed by atoms with Gasteiger partial charge >= 0.3 is 0 Å². The molecule has 1 aromatic rings. The molecular weight excluding hydrogens is 478 g/mol. The number of aryl methyl sites for hydroxylation is 1. The maximum atomic E-state index is 2.43. The summed E-state index contributed by atoms with van der Waals surface area (Å²) in [5.74, 6) is 0. The molecule has 34 heavy (non-hydrogen) atoms. The molecule has 0 atom stereocenters. The molecule has 0 amide bonds. The highest BCUT2D eigenvalue weighted by atomic mass is 79.9. The zero-order chi connectivity index (χ0) is 23.9. The van der Waals surface area contributed by atoms with Crippen molar-refractivity contribution in [2.24, 2.45) is 0 Å². The van der Waals surface area contributed by atoms with Crippen molar-refractivity contribution in [3.05, 3.63) is 48.2 Å². The third kappa shape index (κ3) is 21.9. The van der Waals surface area contributed by atoms with E-state index in [9.17, 15) is 0 Å². The van der Waals surface area contributed by atoms with Gasteiger partial charge in [0.05, 0.1) is 26.8 Å². The lowest BCUT2D eigenvalue weighted by molar-refractivity contribution is -0.839. The van der Waals surface area contributed by atoms with Gasteiger partial charge < -0.3 is 21.5 Å². The minimum absolute atomic E-state index is 0. The Morgan fingerprint density at radius 3 is 1.56 bits per heavy atom. The Bertz CT molecular complexity index is 551. The van der Waals surface area contributed by atoms with E-state index in [0.717, 1.165) is 4.48 Å². The smallest absolute Gasteiger partial charge is 0.0913 e. The zero-order valence-corrected chi connectivity index (χ0v) is 24.8. The monoisotopic (exact) mass is 535 g/mol. The molecule has 0 aliphatic heterocycles. The lowest BCUT2D eigenvalue weighted by atomic mass is 10.0. The van der Waals surface area contributed by atoms with Crippen LogP contribution in [0, 0.1) is 0 Å². The fraction of sp³-hybridized carbons (Fsp3) is 0.750. The largest absolute Gasteiger partial charge is 1.00 e. The lowest BCUT2D eigenvalue weighted by Gasteiger charge is -2.25. The highest BCUT2D eigenvalue weighted by Crippen LogP contribution is 2.14. The normalized spacial score (nSPS) is 11.7. The summed E-state index contributed by atoms with van der Waals surface area (Å²) in [4.78, 5) is 0. The van der Waals surface area contributed by atoms with Gasteiger partial charge in [0, 0.05) is 0 Å². The van der Waals surface area contributed by atoms with E-state index >= 15 is 0 Å². The average Bonchev–Trinajstić information content (AvgIpc) is 2.82. The molecule has 0 spiro atoms. The zero-order valence-electron chi connectivity index (χ0n) is 23.2. The Balaban J connectivity index is 0.0000109. The van der Waals surface area contributed by atoms with E-state index in [1.54, 1.807) is 0 Å². The van der Waals surface area contributed by atoms with Gasteiger partial charge in [0.15, 0.2) is 0 Å². The number of halogens is 1. The first kappa shape index (κ1) is 33.4. The molecule has 0 heterocycles. The Labute approximate surface area is 225 Å². The van der Waals surface area contributed by atoms with E-state index in [0.29, 0.717) is 0 Å².